The van der Waals surface area contributed by atoms with Gasteiger partial charge < -0.3 is 9.05 Å². The van der Waals surface area contributed by atoms with Gasteiger partial charge in [-0.05, 0) is 24.3 Å². The third-order valence-corrected chi connectivity index (χ3v) is 6.72. The third-order valence-electron chi connectivity index (χ3n) is 3.16. The van der Waals surface area contributed by atoms with E-state index in [1.807, 2.05) is 0 Å². The van der Waals surface area contributed by atoms with Crippen molar-refractivity contribution in [2.45, 2.75) is 0 Å². The van der Waals surface area contributed by atoms with Crippen LogP contribution in [0.3, 0.4) is 0 Å². The molecule has 0 aliphatic carbocycles. The van der Waals surface area contributed by atoms with Crippen molar-refractivity contribution in [1.82, 2.24) is 4.98 Å². The number of aromatic nitrogens is 1. The Hall–Kier alpha value is -1.42. The second kappa shape index (κ2) is 8.08. The molecule has 0 N–H and O–H groups in total. The summed E-state index contributed by atoms with van der Waals surface area (Å²) < 4.78 is 24.9. The van der Waals surface area contributed by atoms with E-state index in [1.54, 1.807) is 60.7 Å². The summed E-state index contributed by atoms with van der Waals surface area (Å²) in [6.45, 7) is 0. The SMILES string of the molecule is O=P(Oc1ccccc1)(Oc1ccccc1)c1nc(Cl)c(Cl)c(Cl)c1Cl. The molecule has 0 amide bonds. The van der Waals surface area contributed by atoms with Crippen LogP contribution in [0.1, 0.15) is 0 Å². The maximum Gasteiger partial charge on any atom is 0.482 e. The lowest BCUT2D eigenvalue weighted by molar-refractivity contribution is 0.398. The molecule has 0 spiro atoms. The summed E-state index contributed by atoms with van der Waals surface area (Å²) >= 11 is 24.2. The topological polar surface area (TPSA) is 48.4 Å². The summed E-state index contributed by atoms with van der Waals surface area (Å²) in [6, 6.07) is 16.9. The van der Waals surface area contributed by atoms with Gasteiger partial charge in [-0.25, -0.2) is 9.55 Å². The molecular weight excluding hydrogens is 439 g/mol. The Labute approximate surface area is 170 Å². The molecule has 0 radical (unpaired) electrons. The van der Waals surface area contributed by atoms with Crippen LogP contribution in [0.25, 0.3) is 0 Å². The fourth-order valence-corrected chi connectivity index (χ4v) is 4.75. The monoisotopic (exact) mass is 447 g/mol. The van der Waals surface area contributed by atoms with Crippen LogP contribution >= 0.6 is 54.0 Å². The van der Waals surface area contributed by atoms with Gasteiger partial charge in [0.05, 0.1) is 15.1 Å². The molecule has 26 heavy (non-hydrogen) atoms. The lowest BCUT2D eigenvalue weighted by Crippen LogP contribution is -2.20. The Bertz CT molecular complexity index is 925. The Morgan fingerprint density at radius 2 is 1.15 bits per heavy atom. The number of hydrogen-bond acceptors (Lipinski definition) is 4. The predicted molar refractivity (Wildman–Crippen MR) is 106 cm³/mol. The second-order valence-electron chi connectivity index (χ2n) is 4.97. The molecule has 0 bridgehead atoms. The highest BCUT2D eigenvalue weighted by molar-refractivity contribution is 7.63. The highest BCUT2D eigenvalue weighted by atomic mass is 35.5. The number of rotatable bonds is 5. The first kappa shape index (κ1) is 19.3. The Morgan fingerprint density at radius 3 is 1.62 bits per heavy atom. The van der Waals surface area contributed by atoms with Crippen LogP contribution in [-0.4, -0.2) is 4.98 Å². The van der Waals surface area contributed by atoms with Crippen molar-refractivity contribution in [2.75, 3.05) is 0 Å². The quantitative estimate of drug-likeness (QED) is 0.323. The van der Waals surface area contributed by atoms with Gasteiger partial charge in [0.2, 0.25) is 0 Å². The summed E-state index contributed by atoms with van der Waals surface area (Å²) in [6.07, 6.45) is 0. The molecular formula is C17H10Cl4NO3P. The molecule has 0 fully saturated rings. The number of nitrogens with zero attached hydrogens (tertiary/aromatic N) is 1. The molecule has 0 saturated carbocycles. The summed E-state index contributed by atoms with van der Waals surface area (Å²) in [5.41, 5.74) is -0.230. The minimum atomic E-state index is -4.10. The van der Waals surface area contributed by atoms with Gasteiger partial charge in [-0.2, -0.15) is 0 Å². The van der Waals surface area contributed by atoms with Gasteiger partial charge in [0.25, 0.3) is 0 Å². The molecule has 134 valence electrons. The maximum atomic E-state index is 13.6. The molecule has 3 rings (SSSR count). The molecule has 0 aliphatic heterocycles. The molecule has 9 heteroatoms. The Balaban J connectivity index is 2.13. The number of hydrogen-bond donors (Lipinski definition) is 0. The van der Waals surface area contributed by atoms with Crippen LogP contribution in [0.2, 0.25) is 20.2 Å². The van der Waals surface area contributed by atoms with Gasteiger partial charge in [-0.15, -0.1) is 0 Å². The molecule has 4 nitrogen and oxygen atoms in total. The molecule has 0 atom stereocenters. The van der Waals surface area contributed by atoms with Gasteiger partial charge >= 0.3 is 7.60 Å². The van der Waals surface area contributed by atoms with Gasteiger partial charge in [0.1, 0.15) is 16.7 Å². The lowest BCUT2D eigenvalue weighted by Gasteiger charge is -2.21. The van der Waals surface area contributed by atoms with Crippen molar-refractivity contribution in [2.24, 2.45) is 0 Å². The first-order chi connectivity index (χ1) is 12.4. The minimum Gasteiger partial charge on any atom is -0.412 e. The number of benzene rings is 2. The largest absolute Gasteiger partial charge is 0.482 e. The molecule has 0 aliphatic rings. The predicted octanol–water partition coefficient (Wildman–Crippen LogP) is 6.67. The first-order valence-corrected chi connectivity index (χ1v) is 10.3. The second-order valence-corrected chi connectivity index (χ2v) is 8.25. The van der Waals surface area contributed by atoms with Crippen molar-refractivity contribution in [3.63, 3.8) is 0 Å². The summed E-state index contributed by atoms with van der Waals surface area (Å²) in [5, 5.41) is -0.453. The fourth-order valence-electron chi connectivity index (χ4n) is 2.00. The van der Waals surface area contributed by atoms with Crippen LogP contribution in [-0.2, 0) is 4.57 Å². The average Bonchev–Trinajstić information content (AvgIpc) is 2.64. The van der Waals surface area contributed by atoms with E-state index < -0.39 is 7.60 Å². The van der Waals surface area contributed by atoms with Crippen LogP contribution in [0.5, 0.6) is 11.5 Å². The van der Waals surface area contributed by atoms with Crippen LogP contribution in [0.4, 0.5) is 0 Å². The molecule has 3 aromatic rings. The molecule has 2 aromatic carbocycles. The third kappa shape index (κ3) is 4.11. The number of para-hydroxylation sites is 2. The van der Waals surface area contributed by atoms with Gasteiger partial charge in [0, 0.05) is 0 Å². The van der Waals surface area contributed by atoms with Gasteiger partial charge in [-0.1, -0.05) is 82.8 Å². The van der Waals surface area contributed by atoms with Crippen molar-refractivity contribution in [3.8, 4) is 11.5 Å². The van der Waals surface area contributed by atoms with E-state index in [1.165, 1.54) is 0 Å². The smallest absolute Gasteiger partial charge is 0.412 e. The van der Waals surface area contributed by atoms with E-state index in [-0.39, 0.29) is 25.7 Å². The van der Waals surface area contributed by atoms with Gasteiger partial charge in [0.15, 0.2) is 5.44 Å². The Morgan fingerprint density at radius 1 is 0.692 bits per heavy atom. The zero-order chi connectivity index (χ0) is 18.7. The lowest BCUT2D eigenvalue weighted by atomic mass is 10.3. The summed E-state index contributed by atoms with van der Waals surface area (Å²) in [7, 11) is -4.10. The van der Waals surface area contributed by atoms with E-state index in [2.05, 4.69) is 4.98 Å². The average molecular weight is 449 g/mol. The zero-order valence-electron chi connectivity index (χ0n) is 12.9. The normalized spacial score (nSPS) is 11.2. The van der Waals surface area contributed by atoms with Crippen LogP contribution in [0, 0.1) is 0 Å². The number of halogens is 4. The number of pyridine rings is 1. The Kier molecular flexibility index (Phi) is 6.01. The van der Waals surface area contributed by atoms with E-state index in [4.69, 9.17) is 55.5 Å². The highest BCUT2D eigenvalue weighted by Gasteiger charge is 2.38. The summed E-state index contributed by atoms with van der Waals surface area (Å²) in [5.74, 6) is 0.596. The molecule has 1 heterocycles. The van der Waals surface area contributed by atoms with E-state index in [9.17, 15) is 4.57 Å². The summed E-state index contributed by atoms with van der Waals surface area (Å²) in [4.78, 5) is 4.00. The van der Waals surface area contributed by atoms with Crippen LogP contribution in [0.15, 0.2) is 60.7 Å². The van der Waals surface area contributed by atoms with Crippen molar-refractivity contribution >= 4 is 59.4 Å². The fraction of sp³-hybridized carbons (Fsp3) is 0. The van der Waals surface area contributed by atoms with Crippen molar-refractivity contribution < 1.29 is 13.6 Å². The van der Waals surface area contributed by atoms with E-state index >= 15 is 0 Å². The molecule has 0 unspecified atom stereocenters. The zero-order valence-corrected chi connectivity index (χ0v) is 16.8. The van der Waals surface area contributed by atoms with Gasteiger partial charge in [-0.3, -0.25) is 0 Å². The molecule has 0 saturated heterocycles. The maximum absolute atomic E-state index is 13.6. The van der Waals surface area contributed by atoms with E-state index in [0.717, 1.165) is 0 Å². The van der Waals surface area contributed by atoms with Crippen molar-refractivity contribution in [1.29, 1.82) is 0 Å². The van der Waals surface area contributed by atoms with Crippen molar-refractivity contribution in [3.05, 3.63) is 80.9 Å². The minimum absolute atomic E-state index is 0.0481. The standard InChI is InChI=1S/C17H10Cl4NO3P/c18-13-14(19)16(21)22-17(15(13)20)26(23,24-11-7-3-1-4-8-11)25-12-9-5-2-6-10-12/h1-10H. The van der Waals surface area contributed by atoms with E-state index in [0.29, 0.717) is 11.5 Å². The molecule has 1 aromatic heterocycles. The van der Waals surface area contributed by atoms with Crippen LogP contribution < -0.4 is 14.5 Å². The highest BCUT2D eigenvalue weighted by Crippen LogP contribution is 2.50. The first-order valence-electron chi connectivity index (χ1n) is 7.20.